The summed E-state index contributed by atoms with van der Waals surface area (Å²) in [6.45, 7) is 2.37. The molecule has 5 nitrogen and oxygen atoms in total. The molecule has 2 aliphatic rings. The van der Waals surface area contributed by atoms with Gasteiger partial charge >= 0.3 is 0 Å². The summed E-state index contributed by atoms with van der Waals surface area (Å²) in [4.78, 5) is 15.2. The van der Waals surface area contributed by atoms with Gasteiger partial charge in [-0.2, -0.15) is 0 Å². The van der Waals surface area contributed by atoms with Crippen LogP contribution in [0.15, 0.2) is 96.6 Å². The van der Waals surface area contributed by atoms with Gasteiger partial charge in [0.1, 0.15) is 0 Å². The number of non-ortho nitro benzene ring substituents is 1. The maximum Gasteiger partial charge on any atom is 0.269 e. The Kier molecular flexibility index (Phi) is 5.53. The Bertz CT molecular complexity index is 1290. The van der Waals surface area contributed by atoms with Gasteiger partial charge in [0.05, 0.1) is 4.92 Å². The van der Waals surface area contributed by atoms with E-state index in [9.17, 15) is 10.1 Å². The lowest BCUT2D eigenvalue weighted by atomic mass is 9.96. The Balaban J connectivity index is 1.37. The van der Waals surface area contributed by atoms with Crippen molar-refractivity contribution in [2.75, 3.05) is 29.9 Å². The molecule has 0 aliphatic carbocycles. The van der Waals surface area contributed by atoms with Crippen molar-refractivity contribution in [1.29, 1.82) is 0 Å². The molecule has 0 saturated carbocycles. The van der Waals surface area contributed by atoms with Gasteiger partial charge in [-0.15, -0.1) is 0 Å². The molecule has 0 bridgehead atoms. The van der Waals surface area contributed by atoms with Gasteiger partial charge in [-0.05, 0) is 40.5 Å². The molecule has 0 spiro atoms. The summed E-state index contributed by atoms with van der Waals surface area (Å²) in [6, 6.07) is 23.7. The molecule has 5 rings (SSSR count). The molecule has 5 heteroatoms. The van der Waals surface area contributed by atoms with Gasteiger partial charge in [-0.3, -0.25) is 10.1 Å². The topological polar surface area (TPSA) is 49.6 Å². The van der Waals surface area contributed by atoms with E-state index >= 15 is 0 Å². The lowest BCUT2D eigenvalue weighted by molar-refractivity contribution is -0.384. The zero-order valence-corrected chi connectivity index (χ0v) is 18.5. The van der Waals surface area contributed by atoms with Crippen molar-refractivity contribution in [1.82, 2.24) is 0 Å². The fraction of sp³-hybridized carbons (Fsp3) is 0.143. The molecule has 3 aromatic rings. The predicted molar refractivity (Wildman–Crippen MR) is 135 cm³/mol. The Morgan fingerprint density at radius 2 is 1.67 bits per heavy atom. The van der Waals surface area contributed by atoms with Crippen molar-refractivity contribution in [2.45, 2.75) is 6.54 Å². The van der Waals surface area contributed by atoms with Gasteiger partial charge in [-0.25, -0.2) is 0 Å². The van der Waals surface area contributed by atoms with Crippen LogP contribution in [0, 0.1) is 10.1 Å². The first-order valence-corrected chi connectivity index (χ1v) is 11.0. The van der Waals surface area contributed by atoms with Crippen LogP contribution in [-0.4, -0.2) is 25.1 Å². The average Bonchev–Trinajstić information content (AvgIpc) is 2.84. The minimum atomic E-state index is -0.362. The molecule has 2 heterocycles. The Morgan fingerprint density at radius 1 is 0.939 bits per heavy atom. The van der Waals surface area contributed by atoms with Gasteiger partial charge < -0.3 is 9.80 Å². The van der Waals surface area contributed by atoms with Crippen molar-refractivity contribution in [2.24, 2.45) is 0 Å². The number of anilines is 2. The maximum absolute atomic E-state index is 10.9. The highest BCUT2D eigenvalue weighted by atomic mass is 16.6. The standard InChI is InChI=1S/C28H25N3O2/c1-29-19-22(18-24-6-2-4-8-27(24)29)10-13-23-16-17-30(28-9-5-3-7-26(23)28)20-21-11-14-25(15-12-21)31(32)33/h2-16,18H,17,19-20H2,1H3. The van der Waals surface area contributed by atoms with Crippen molar-refractivity contribution in [3.8, 4) is 0 Å². The van der Waals surface area contributed by atoms with Gasteiger partial charge in [0.25, 0.3) is 5.69 Å². The maximum atomic E-state index is 10.9. The normalized spacial score (nSPS) is 15.1. The van der Waals surface area contributed by atoms with E-state index in [1.165, 1.54) is 33.6 Å². The van der Waals surface area contributed by atoms with E-state index in [-0.39, 0.29) is 10.6 Å². The molecular formula is C28H25N3O2. The predicted octanol–water partition coefficient (Wildman–Crippen LogP) is 6.09. The monoisotopic (exact) mass is 435 g/mol. The van der Waals surface area contributed by atoms with Crippen molar-refractivity contribution in [3.05, 3.63) is 123 Å². The summed E-state index contributed by atoms with van der Waals surface area (Å²) in [6.07, 6.45) is 8.96. The molecule has 3 aromatic carbocycles. The van der Waals surface area contributed by atoms with Crippen LogP contribution in [0.5, 0.6) is 0 Å². The number of likely N-dealkylation sites (N-methyl/N-ethyl adjacent to an activating group) is 1. The minimum absolute atomic E-state index is 0.121. The second kappa shape index (κ2) is 8.79. The van der Waals surface area contributed by atoms with Crippen molar-refractivity contribution in [3.63, 3.8) is 0 Å². The summed E-state index contributed by atoms with van der Waals surface area (Å²) < 4.78 is 0. The quantitative estimate of drug-likeness (QED) is 0.360. The first-order valence-electron chi connectivity index (χ1n) is 11.0. The molecule has 0 atom stereocenters. The Hall–Kier alpha value is -4.12. The van der Waals surface area contributed by atoms with E-state index in [4.69, 9.17) is 0 Å². The molecule has 164 valence electrons. The number of hydrogen-bond acceptors (Lipinski definition) is 4. The molecule has 0 radical (unpaired) electrons. The van der Waals surface area contributed by atoms with Crippen LogP contribution >= 0.6 is 0 Å². The van der Waals surface area contributed by atoms with E-state index in [1.54, 1.807) is 12.1 Å². The summed E-state index contributed by atoms with van der Waals surface area (Å²) in [5.74, 6) is 0. The summed E-state index contributed by atoms with van der Waals surface area (Å²) in [5, 5.41) is 10.9. The lowest BCUT2D eigenvalue weighted by Crippen LogP contribution is -2.26. The number of allylic oxidation sites excluding steroid dienone is 2. The van der Waals surface area contributed by atoms with E-state index in [1.807, 2.05) is 12.1 Å². The highest BCUT2D eigenvalue weighted by Gasteiger charge is 2.18. The van der Waals surface area contributed by atoms with Crippen LogP contribution in [0.3, 0.4) is 0 Å². The molecule has 0 aromatic heterocycles. The highest BCUT2D eigenvalue weighted by molar-refractivity contribution is 5.86. The Labute approximate surface area is 193 Å². The fourth-order valence-corrected chi connectivity index (χ4v) is 4.52. The highest BCUT2D eigenvalue weighted by Crippen LogP contribution is 2.34. The van der Waals surface area contributed by atoms with Crippen molar-refractivity contribution >= 4 is 28.7 Å². The van der Waals surface area contributed by atoms with Crippen LogP contribution in [0.2, 0.25) is 0 Å². The first kappa shape index (κ1) is 20.8. The lowest BCUT2D eigenvalue weighted by Gasteiger charge is -2.30. The van der Waals surface area contributed by atoms with E-state index in [2.05, 4.69) is 89.7 Å². The largest absolute Gasteiger partial charge is 0.370 e. The third kappa shape index (κ3) is 4.30. The van der Waals surface area contributed by atoms with Crippen molar-refractivity contribution < 1.29 is 4.92 Å². The van der Waals surface area contributed by atoms with Gasteiger partial charge in [0.2, 0.25) is 0 Å². The van der Waals surface area contributed by atoms with E-state index in [0.717, 1.165) is 18.7 Å². The molecule has 0 unspecified atom stereocenters. The average molecular weight is 436 g/mol. The van der Waals surface area contributed by atoms with Crippen LogP contribution in [-0.2, 0) is 6.54 Å². The fourth-order valence-electron chi connectivity index (χ4n) is 4.52. The summed E-state index contributed by atoms with van der Waals surface area (Å²) >= 11 is 0. The van der Waals surface area contributed by atoms with Gasteiger partial charge in [0, 0.05) is 55.8 Å². The van der Waals surface area contributed by atoms with E-state index < -0.39 is 0 Å². The SMILES string of the molecule is CN1CC(C=CC2=CCN(Cc3ccc([N+](=O)[O-])cc3)c3ccccc32)=Cc2ccccc21. The molecule has 0 fully saturated rings. The number of rotatable bonds is 5. The molecule has 0 N–H and O–H groups in total. The molecule has 0 saturated heterocycles. The third-order valence-corrected chi connectivity index (χ3v) is 6.19. The summed E-state index contributed by atoms with van der Waals surface area (Å²) in [5.41, 5.74) is 8.56. The molecule has 2 aliphatic heterocycles. The van der Waals surface area contributed by atoms with Gasteiger partial charge in [-0.1, -0.05) is 66.8 Å². The Morgan fingerprint density at radius 3 is 2.45 bits per heavy atom. The van der Waals surface area contributed by atoms with E-state index in [0.29, 0.717) is 6.54 Å². The number of nitro groups is 1. The second-order valence-electron chi connectivity index (χ2n) is 8.45. The van der Waals surface area contributed by atoms with Crippen LogP contribution in [0.25, 0.3) is 11.6 Å². The second-order valence-corrected chi connectivity index (χ2v) is 8.45. The number of fused-ring (bicyclic) bond motifs is 2. The molecule has 33 heavy (non-hydrogen) atoms. The summed E-state index contributed by atoms with van der Waals surface area (Å²) in [7, 11) is 2.13. The zero-order valence-electron chi connectivity index (χ0n) is 18.5. The number of nitrogens with zero attached hydrogens (tertiary/aromatic N) is 3. The number of para-hydroxylation sites is 2. The first-order chi connectivity index (χ1) is 16.1. The number of nitro benzene ring substituents is 1. The number of hydrogen-bond donors (Lipinski definition) is 0. The smallest absolute Gasteiger partial charge is 0.269 e. The van der Waals surface area contributed by atoms with Crippen LogP contribution < -0.4 is 9.80 Å². The van der Waals surface area contributed by atoms with Crippen LogP contribution in [0.4, 0.5) is 17.1 Å². The molecule has 0 amide bonds. The molecular weight excluding hydrogens is 410 g/mol. The zero-order chi connectivity index (χ0) is 22.8. The van der Waals surface area contributed by atoms with Crippen LogP contribution in [0.1, 0.15) is 16.7 Å². The third-order valence-electron chi connectivity index (χ3n) is 6.19. The van der Waals surface area contributed by atoms with Gasteiger partial charge in [0.15, 0.2) is 0 Å². The number of benzene rings is 3. The minimum Gasteiger partial charge on any atom is -0.370 e.